The van der Waals surface area contributed by atoms with E-state index in [9.17, 15) is 4.79 Å². The molecule has 4 nitrogen and oxygen atoms in total. The molecular formula is C16H23ClN2O2. The summed E-state index contributed by atoms with van der Waals surface area (Å²) in [6.07, 6.45) is 4.36. The molecule has 1 amide bonds. The molecule has 0 atom stereocenters. The Bertz CT molecular complexity index is 489. The molecule has 0 saturated carbocycles. The molecule has 0 aliphatic rings. The van der Waals surface area contributed by atoms with Crippen molar-refractivity contribution >= 4 is 29.4 Å². The average Bonchev–Trinajstić information content (AvgIpc) is 2.48. The topological polar surface area (TPSA) is 41.9 Å². The van der Waals surface area contributed by atoms with Crippen molar-refractivity contribution in [2.45, 2.75) is 40.0 Å². The highest BCUT2D eigenvalue weighted by atomic mass is 35.5. The second-order valence-electron chi connectivity index (χ2n) is 4.74. The fourth-order valence-electron chi connectivity index (χ4n) is 2.13. The minimum Gasteiger partial charge on any atom is -0.374 e. The molecule has 1 aromatic rings. The molecule has 0 spiro atoms. The van der Waals surface area contributed by atoms with Crippen molar-refractivity contribution in [3.8, 4) is 0 Å². The summed E-state index contributed by atoms with van der Waals surface area (Å²) in [6, 6.07) is 6.03. The van der Waals surface area contributed by atoms with Crippen LogP contribution in [-0.4, -0.2) is 24.7 Å². The highest BCUT2D eigenvalue weighted by molar-refractivity contribution is 6.29. The van der Waals surface area contributed by atoms with Crippen molar-refractivity contribution in [1.82, 2.24) is 0 Å². The summed E-state index contributed by atoms with van der Waals surface area (Å²) in [4.78, 5) is 18.9. The van der Waals surface area contributed by atoms with Gasteiger partial charge in [-0.05, 0) is 30.9 Å². The lowest BCUT2D eigenvalue weighted by atomic mass is 10.0. The van der Waals surface area contributed by atoms with Crippen LogP contribution in [0.3, 0.4) is 0 Å². The van der Waals surface area contributed by atoms with Crippen LogP contribution >= 0.6 is 11.6 Å². The molecule has 0 bridgehead atoms. The second kappa shape index (κ2) is 9.40. The summed E-state index contributed by atoms with van der Waals surface area (Å²) < 4.78 is 0. The third-order valence-electron chi connectivity index (χ3n) is 3.04. The summed E-state index contributed by atoms with van der Waals surface area (Å²) in [5.41, 5.74) is 3.04. The zero-order valence-corrected chi connectivity index (χ0v) is 13.7. The van der Waals surface area contributed by atoms with E-state index in [1.54, 1.807) is 11.1 Å². The first kappa shape index (κ1) is 17.5. The number of rotatable bonds is 8. The van der Waals surface area contributed by atoms with E-state index in [4.69, 9.17) is 16.4 Å². The smallest absolute Gasteiger partial charge is 0.244 e. The van der Waals surface area contributed by atoms with Crippen LogP contribution in [0.15, 0.2) is 23.4 Å². The van der Waals surface area contributed by atoms with E-state index in [0.29, 0.717) is 0 Å². The number of hydrogen-bond acceptors (Lipinski definition) is 3. The van der Waals surface area contributed by atoms with Crippen LogP contribution in [0.25, 0.3) is 0 Å². The van der Waals surface area contributed by atoms with Crippen LogP contribution in [0, 0.1) is 6.92 Å². The van der Waals surface area contributed by atoms with Gasteiger partial charge in [0.15, 0.2) is 6.73 Å². The highest BCUT2D eigenvalue weighted by Gasteiger charge is 2.20. The van der Waals surface area contributed by atoms with Gasteiger partial charge in [0.25, 0.3) is 0 Å². The van der Waals surface area contributed by atoms with E-state index in [0.717, 1.165) is 36.1 Å². The first-order chi connectivity index (χ1) is 10.2. The lowest BCUT2D eigenvalue weighted by Crippen LogP contribution is -2.35. The van der Waals surface area contributed by atoms with Gasteiger partial charge in [-0.15, -0.1) is 11.6 Å². The monoisotopic (exact) mass is 310 g/mol. The summed E-state index contributed by atoms with van der Waals surface area (Å²) in [5, 5.41) is 3.82. The number of halogens is 1. The van der Waals surface area contributed by atoms with Gasteiger partial charge in [-0.25, -0.2) is 0 Å². The van der Waals surface area contributed by atoms with Gasteiger partial charge in [0, 0.05) is 6.21 Å². The molecule has 0 aliphatic carbocycles. The van der Waals surface area contributed by atoms with Crippen LogP contribution in [0.2, 0.25) is 0 Å². The molecule has 0 heterocycles. The molecular weight excluding hydrogens is 288 g/mol. The Morgan fingerprint density at radius 1 is 1.43 bits per heavy atom. The first-order valence-electron chi connectivity index (χ1n) is 7.24. The van der Waals surface area contributed by atoms with Crippen LogP contribution in [0.5, 0.6) is 0 Å². The van der Waals surface area contributed by atoms with Gasteiger partial charge in [-0.2, -0.15) is 0 Å². The van der Waals surface area contributed by atoms with E-state index >= 15 is 0 Å². The number of nitrogens with zero attached hydrogens (tertiary/aromatic N) is 2. The van der Waals surface area contributed by atoms with Crippen LogP contribution in [0.1, 0.15) is 37.8 Å². The molecule has 5 heteroatoms. The maximum atomic E-state index is 12.1. The van der Waals surface area contributed by atoms with E-state index in [1.165, 1.54) is 0 Å². The minimum absolute atomic E-state index is 0.0730. The zero-order chi connectivity index (χ0) is 15.7. The predicted octanol–water partition coefficient (Wildman–Crippen LogP) is 3.89. The normalized spacial score (nSPS) is 10.9. The number of carbonyl (C=O) groups is 1. The molecule has 0 fully saturated rings. The van der Waals surface area contributed by atoms with Crippen molar-refractivity contribution in [3.63, 3.8) is 0 Å². The molecule has 0 N–H and O–H groups in total. The lowest BCUT2D eigenvalue weighted by molar-refractivity contribution is -0.117. The summed E-state index contributed by atoms with van der Waals surface area (Å²) >= 11 is 5.73. The van der Waals surface area contributed by atoms with Gasteiger partial charge in [-0.1, -0.05) is 43.6 Å². The highest BCUT2D eigenvalue weighted by Crippen LogP contribution is 2.27. The quantitative estimate of drug-likeness (QED) is 0.316. The Morgan fingerprint density at radius 2 is 2.19 bits per heavy atom. The lowest BCUT2D eigenvalue weighted by Gasteiger charge is -2.25. The van der Waals surface area contributed by atoms with Crippen molar-refractivity contribution in [2.75, 3.05) is 17.5 Å². The number of oxime groups is 1. The maximum absolute atomic E-state index is 12.1. The van der Waals surface area contributed by atoms with Crippen LogP contribution in [-0.2, 0) is 16.1 Å². The van der Waals surface area contributed by atoms with E-state index < -0.39 is 0 Å². The number of hydrogen-bond donors (Lipinski definition) is 0. The Hall–Kier alpha value is -1.55. The van der Waals surface area contributed by atoms with Crippen molar-refractivity contribution in [2.24, 2.45) is 5.16 Å². The predicted molar refractivity (Wildman–Crippen MR) is 88.1 cm³/mol. The fourth-order valence-corrected chi connectivity index (χ4v) is 2.27. The molecule has 1 aromatic carbocycles. The average molecular weight is 311 g/mol. The molecule has 0 aromatic heterocycles. The number of para-hydroxylation sites is 1. The molecule has 0 radical (unpaired) electrons. The Balaban J connectivity index is 3.07. The molecule has 0 aliphatic heterocycles. The van der Waals surface area contributed by atoms with E-state index in [-0.39, 0.29) is 18.5 Å². The van der Waals surface area contributed by atoms with Crippen molar-refractivity contribution in [1.29, 1.82) is 0 Å². The van der Waals surface area contributed by atoms with Gasteiger partial charge < -0.3 is 4.84 Å². The van der Waals surface area contributed by atoms with Crippen LogP contribution in [0.4, 0.5) is 5.69 Å². The second-order valence-corrected chi connectivity index (χ2v) is 5.01. The summed E-state index contributed by atoms with van der Waals surface area (Å²) in [6.45, 7) is 6.14. The summed E-state index contributed by atoms with van der Waals surface area (Å²) in [5.74, 6) is -0.268. The van der Waals surface area contributed by atoms with Gasteiger partial charge in [0.05, 0.1) is 5.69 Å². The van der Waals surface area contributed by atoms with Gasteiger partial charge in [0.1, 0.15) is 5.88 Å². The molecule has 116 valence electrons. The van der Waals surface area contributed by atoms with Gasteiger partial charge in [0.2, 0.25) is 5.91 Å². The standard InChI is InChI=1S/C16H23ClN2O2/c1-4-7-14-9-6-8-13(3)16(14)19(15(20)11-17)12-21-18-10-5-2/h6,8-10H,4-5,7,11-12H2,1-3H3/b18-10+. The fraction of sp³-hybridized carbons (Fsp3) is 0.500. The minimum atomic E-state index is -0.185. The maximum Gasteiger partial charge on any atom is 0.244 e. The van der Waals surface area contributed by atoms with E-state index in [1.807, 2.05) is 32.0 Å². The first-order valence-corrected chi connectivity index (χ1v) is 7.77. The largest absolute Gasteiger partial charge is 0.374 e. The number of anilines is 1. The molecule has 0 unspecified atom stereocenters. The number of benzene rings is 1. The third kappa shape index (κ3) is 5.05. The van der Waals surface area contributed by atoms with Gasteiger partial charge in [-0.3, -0.25) is 9.69 Å². The number of aryl methyl sites for hydroxylation is 2. The molecule has 0 saturated heterocycles. The van der Waals surface area contributed by atoms with E-state index in [2.05, 4.69) is 12.1 Å². The number of alkyl halides is 1. The SMILES string of the molecule is CC/C=N/OCN(C(=O)CCl)c1c(C)cccc1CCC. The number of carbonyl (C=O) groups excluding carboxylic acids is 1. The third-order valence-corrected chi connectivity index (χ3v) is 3.27. The summed E-state index contributed by atoms with van der Waals surface area (Å²) in [7, 11) is 0. The molecule has 1 rings (SSSR count). The Morgan fingerprint density at radius 3 is 2.81 bits per heavy atom. The Kier molecular flexibility index (Phi) is 7.83. The van der Waals surface area contributed by atoms with Gasteiger partial charge >= 0.3 is 0 Å². The van der Waals surface area contributed by atoms with Crippen molar-refractivity contribution in [3.05, 3.63) is 29.3 Å². The van der Waals surface area contributed by atoms with Crippen molar-refractivity contribution < 1.29 is 9.63 Å². The number of amides is 1. The van der Waals surface area contributed by atoms with Crippen LogP contribution < -0.4 is 4.90 Å². The zero-order valence-electron chi connectivity index (χ0n) is 12.9. The molecule has 21 heavy (non-hydrogen) atoms. The Labute approximate surface area is 131 Å².